The molecule has 498 valence electrons. The lowest BCUT2D eigenvalue weighted by atomic mass is 9.85. The predicted molar refractivity (Wildman–Crippen MR) is 342 cm³/mol. The van der Waals surface area contributed by atoms with Gasteiger partial charge in [0.2, 0.25) is 5.91 Å². The van der Waals surface area contributed by atoms with Gasteiger partial charge >= 0.3 is 11.9 Å². The van der Waals surface area contributed by atoms with Crippen LogP contribution in [0.2, 0.25) is 0 Å². The van der Waals surface area contributed by atoms with Crippen LogP contribution in [0.25, 0.3) is 49.3 Å². The fraction of sp³-hybridized carbons (Fsp3) is 0.383. The number of likely N-dealkylation sites (N-methyl/N-ethyl adjacent to an activating group) is 1. The SMILES string of the molecule is CO/C(C)=C1/NC(=O)C(C(C)O)NC(=O)c2csc(n2)-c2cc(O)c(-c3nc(C(=O)N(C)C)cs3)nc2-c2csc(n2)C2COC(=O)c3c4c5c(cccc5n3O)COC(=O)C(OC3CC(C)(O)C(N(C)C)C(C)O3)C(OC4)C(NC(=O)c3csc1n3)c1nc(cs1)C(=O)N2. The molecule has 8 aromatic rings. The lowest BCUT2D eigenvalue weighted by Gasteiger charge is -2.48. The summed E-state index contributed by atoms with van der Waals surface area (Å²) < 4.78 is 38.3. The fourth-order valence-electron chi connectivity index (χ4n) is 11.7. The molecule has 1 saturated heterocycles. The number of amides is 5. The minimum Gasteiger partial charge on any atom is -0.506 e. The first-order valence-corrected chi connectivity index (χ1v) is 33.6. The van der Waals surface area contributed by atoms with Crippen molar-refractivity contribution in [1.82, 2.24) is 65.7 Å². The Kier molecular flexibility index (Phi) is 18.5. The first-order valence-electron chi connectivity index (χ1n) is 29.2. The molecular weight excluding hydrogens is 1340 g/mol. The van der Waals surface area contributed by atoms with Gasteiger partial charge in [-0.3, -0.25) is 24.0 Å². The Morgan fingerprint density at radius 1 is 0.811 bits per heavy atom. The van der Waals surface area contributed by atoms with E-state index in [9.17, 15) is 39.7 Å². The van der Waals surface area contributed by atoms with Crippen LogP contribution in [0.3, 0.4) is 0 Å². The van der Waals surface area contributed by atoms with Gasteiger partial charge in [-0.2, -0.15) is 4.73 Å². The summed E-state index contributed by atoms with van der Waals surface area (Å²) in [6, 6.07) is 0.854. The van der Waals surface area contributed by atoms with Crippen molar-refractivity contribution < 1.29 is 82.5 Å². The summed E-state index contributed by atoms with van der Waals surface area (Å²) in [5.74, 6) is -6.58. The number of aliphatic hydroxyl groups is 2. The number of methoxy groups -OCH3 is 1. The predicted octanol–water partition coefficient (Wildman–Crippen LogP) is 4.86. The second-order valence-corrected chi connectivity index (χ2v) is 27.6. The Bertz CT molecular complexity index is 4410. The number of thiazole rings is 5. The number of fused-ring (bicyclic) bond motifs is 15. The second-order valence-electron chi connectivity index (χ2n) is 23.2. The summed E-state index contributed by atoms with van der Waals surface area (Å²) in [7, 11) is 7.98. The zero-order valence-electron chi connectivity index (χ0n) is 51.9. The van der Waals surface area contributed by atoms with Crippen molar-refractivity contribution in [2.24, 2.45) is 0 Å². The number of carbonyl (C=O) groups is 7. The molecule has 1 aromatic carbocycles. The van der Waals surface area contributed by atoms with E-state index >= 15 is 14.4 Å². The number of aromatic nitrogens is 7. The van der Waals surface area contributed by atoms with Crippen molar-refractivity contribution in [2.45, 2.75) is 108 Å². The van der Waals surface area contributed by atoms with Crippen LogP contribution in [0.4, 0.5) is 0 Å². The molecule has 35 heteroatoms. The average molecular weight is 1400 g/mol. The average Bonchev–Trinajstić information content (AvgIpc) is 1.65. The molecular formula is C60H61N13O17S5. The molecule has 4 aliphatic heterocycles. The highest BCUT2D eigenvalue weighted by Crippen LogP contribution is 2.43. The molecule has 10 unspecified atom stereocenters. The minimum absolute atomic E-state index is 0.00110. The molecule has 0 saturated carbocycles. The maximum absolute atomic E-state index is 15.2. The summed E-state index contributed by atoms with van der Waals surface area (Å²) in [6.45, 7) is 4.36. The number of esters is 2. The second kappa shape index (κ2) is 26.5. The zero-order chi connectivity index (χ0) is 67.6. The molecule has 10 atom stereocenters. The van der Waals surface area contributed by atoms with Crippen LogP contribution in [0.15, 0.2) is 56.9 Å². The molecule has 30 nitrogen and oxygen atoms in total. The van der Waals surface area contributed by atoms with Crippen LogP contribution in [0.5, 0.6) is 5.75 Å². The van der Waals surface area contributed by atoms with E-state index in [0.29, 0.717) is 10.3 Å². The van der Waals surface area contributed by atoms with Crippen molar-refractivity contribution >= 4 is 115 Å². The van der Waals surface area contributed by atoms with Gasteiger partial charge in [0, 0.05) is 63.9 Å². The molecule has 7 aromatic heterocycles. The van der Waals surface area contributed by atoms with E-state index in [2.05, 4.69) is 36.2 Å². The Hall–Kier alpha value is -8.75. The third-order valence-corrected chi connectivity index (χ3v) is 20.6. The number of ether oxygens (including phenoxy) is 6. The Morgan fingerprint density at radius 3 is 2.19 bits per heavy atom. The molecule has 0 spiro atoms. The van der Waals surface area contributed by atoms with Gasteiger partial charge in [0.25, 0.3) is 23.6 Å². The van der Waals surface area contributed by atoms with Gasteiger partial charge in [0.15, 0.2) is 18.1 Å². The number of nitrogens with zero attached hydrogens (tertiary/aromatic N) is 9. The first kappa shape index (κ1) is 66.3. The third-order valence-electron chi connectivity index (χ3n) is 16.1. The van der Waals surface area contributed by atoms with E-state index in [1.54, 1.807) is 64.5 Å². The number of benzene rings is 1. The summed E-state index contributed by atoms with van der Waals surface area (Å²) in [6.07, 6.45) is -7.45. The van der Waals surface area contributed by atoms with Crippen molar-refractivity contribution in [1.29, 1.82) is 0 Å². The van der Waals surface area contributed by atoms with E-state index in [1.807, 2.05) is 0 Å². The molecule has 4 aliphatic rings. The Morgan fingerprint density at radius 2 is 1.47 bits per heavy atom. The van der Waals surface area contributed by atoms with Gasteiger partial charge in [0.05, 0.1) is 43.1 Å². The number of nitrogens with one attached hydrogen (secondary N) is 4. The van der Waals surface area contributed by atoms with Crippen LogP contribution in [-0.4, -0.2) is 197 Å². The number of aliphatic hydroxyl groups excluding tert-OH is 1. The van der Waals surface area contributed by atoms with Crippen LogP contribution in [0.1, 0.15) is 125 Å². The highest BCUT2D eigenvalue weighted by atomic mass is 32.1. The molecule has 5 amide bonds. The first-order chi connectivity index (χ1) is 45.3. The zero-order valence-corrected chi connectivity index (χ0v) is 56.0. The monoisotopic (exact) mass is 1400 g/mol. The normalized spacial score (nSPS) is 24.5. The lowest BCUT2D eigenvalue weighted by molar-refractivity contribution is -0.280. The van der Waals surface area contributed by atoms with E-state index in [4.69, 9.17) is 43.4 Å². The maximum atomic E-state index is 15.2. The van der Waals surface area contributed by atoms with Gasteiger partial charge < -0.3 is 80.0 Å². The smallest absolute Gasteiger partial charge is 0.358 e. The van der Waals surface area contributed by atoms with Crippen molar-refractivity contribution in [3.8, 4) is 38.4 Å². The van der Waals surface area contributed by atoms with Crippen molar-refractivity contribution in [3.05, 3.63) is 112 Å². The maximum Gasteiger partial charge on any atom is 0.358 e. The number of pyridine rings is 1. The van der Waals surface area contributed by atoms with Crippen LogP contribution in [-0.2, 0) is 51.2 Å². The standard InChI is InChI=1S/C60H61N13O17S5/c1-23(74)39-51(79)69-40(24(2)85-9)54-64-33(21-93-54)50(78)70-43-45-46(90-37-14-60(4,83)47(71(5)6)25(3)89-37)59(82)87-15-26-11-10-12-35-38(26)28(16-86-45)44(73(35)84)58(81)88-17-29(61-48(76)31-20-94-56(43)65-31)53-62-30(18-92-53)41-27(52-63-32(19-91-52)49(77)68-39)13-36(75)42(67-41)55-66-34(22-95-55)57(80)72(7)8/h10-13,18-23,25,29,37,39,43,45-47,74-75,83-84H,14-17H2,1-9H3,(H,61,76)(H,68,77)(H,69,79)(H,70,78)/b40-24+. The van der Waals surface area contributed by atoms with Crippen LogP contribution < -0.4 is 21.3 Å². The number of carbonyl (C=O) groups excluding carboxylic acids is 7. The third kappa shape index (κ3) is 12.9. The van der Waals surface area contributed by atoms with Gasteiger partial charge in [-0.1, -0.05) is 12.1 Å². The summed E-state index contributed by atoms with van der Waals surface area (Å²) in [4.78, 5) is 133. The number of cyclic esters (lactones) is 2. The van der Waals surface area contributed by atoms with E-state index < -0.39 is 133 Å². The van der Waals surface area contributed by atoms with E-state index in [1.165, 1.54) is 59.5 Å². The molecule has 1 fully saturated rings. The Balaban J connectivity index is 1.05. The molecule has 8 N–H and O–H groups in total. The highest BCUT2D eigenvalue weighted by molar-refractivity contribution is 7.14. The van der Waals surface area contributed by atoms with Crippen LogP contribution in [0, 0.1) is 0 Å². The van der Waals surface area contributed by atoms with Gasteiger partial charge in [-0.15, -0.1) is 56.7 Å². The molecule has 95 heavy (non-hydrogen) atoms. The molecule has 12 rings (SSSR count). The summed E-state index contributed by atoms with van der Waals surface area (Å²) in [5, 5.41) is 65.7. The minimum atomic E-state index is -1.90. The highest BCUT2D eigenvalue weighted by Gasteiger charge is 2.50. The molecule has 11 heterocycles. The van der Waals surface area contributed by atoms with Crippen LogP contribution >= 0.6 is 56.7 Å². The lowest BCUT2D eigenvalue weighted by Crippen LogP contribution is -2.62. The van der Waals surface area contributed by atoms with Gasteiger partial charge in [0.1, 0.15) is 120 Å². The van der Waals surface area contributed by atoms with Gasteiger partial charge in [-0.25, -0.2) is 39.5 Å². The number of rotatable bonds is 7. The Labute approximate surface area is 559 Å². The topological polar surface area (TPSA) is 393 Å². The summed E-state index contributed by atoms with van der Waals surface area (Å²) in [5.41, 5.74) is -2.07. The largest absolute Gasteiger partial charge is 0.506 e. The van der Waals surface area contributed by atoms with Crippen molar-refractivity contribution in [2.75, 3.05) is 41.9 Å². The summed E-state index contributed by atoms with van der Waals surface area (Å²) >= 11 is 4.72. The van der Waals surface area contributed by atoms with E-state index in [-0.39, 0.29) is 105 Å². The van der Waals surface area contributed by atoms with Crippen molar-refractivity contribution in [3.63, 3.8) is 0 Å². The molecule has 0 radical (unpaired) electrons. The molecule has 0 aliphatic carbocycles. The number of hydrogen-bond donors (Lipinski definition) is 8. The van der Waals surface area contributed by atoms with Gasteiger partial charge in [-0.05, 0) is 59.5 Å². The number of hydrogen-bond acceptors (Lipinski definition) is 29. The molecule has 12 bridgehead atoms. The number of aromatic hydroxyl groups is 1. The quantitative estimate of drug-likeness (QED) is 0.0599. The fourth-order valence-corrected chi connectivity index (χ4v) is 15.9. The number of allylic oxidation sites excluding steroid dienone is 1. The van der Waals surface area contributed by atoms with E-state index in [0.717, 1.165) is 56.7 Å².